The lowest BCUT2D eigenvalue weighted by Crippen LogP contribution is -2.47. The molecule has 0 spiro atoms. The van der Waals surface area contributed by atoms with E-state index in [1.807, 2.05) is 6.07 Å². The molecular weight excluding hydrogens is 547 g/mol. The lowest BCUT2D eigenvalue weighted by Gasteiger charge is -2.34. The Labute approximate surface area is 230 Å². The maximum absolute atomic E-state index is 12.7. The molecule has 1 N–H and O–H groups in total. The molecule has 12 heteroatoms. The van der Waals surface area contributed by atoms with Crippen molar-refractivity contribution in [3.63, 3.8) is 0 Å². The third kappa shape index (κ3) is 9.76. The Morgan fingerprint density at radius 2 is 1.31 bits per heavy atom. The van der Waals surface area contributed by atoms with Crippen LogP contribution in [0.3, 0.4) is 0 Å². The van der Waals surface area contributed by atoms with Gasteiger partial charge in [-0.25, -0.2) is 0 Å². The summed E-state index contributed by atoms with van der Waals surface area (Å²) in [7, 11) is -7.70. The second-order valence-electron chi connectivity index (χ2n) is 11.1. The van der Waals surface area contributed by atoms with E-state index < -0.39 is 65.0 Å². The van der Waals surface area contributed by atoms with Crippen LogP contribution in [0.25, 0.3) is 0 Å². The van der Waals surface area contributed by atoms with E-state index in [2.05, 4.69) is 0 Å². The molecule has 0 saturated carbocycles. The van der Waals surface area contributed by atoms with Gasteiger partial charge in [-0.05, 0) is 59.2 Å². The highest BCUT2D eigenvalue weighted by Gasteiger charge is 2.50. The van der Waals surface area contributed by atoms with Gasteiger partial charge < -0.3 is 18.8 Å². The number of esters is 2. The molecule has 0 radical (unpaired) electrons. The molecule has 0 aliphatic rings. The zero-order valence-electron chi connectivity index (χ0n) is 22.9. The second-order valence-corrected chi connectivity index (χ2v) is 14.3. The molecule has 216 valence electrons. The van der Waals surface area contributed by atoms with Crippen LogP contribution in [0, 0.1) is 10.8 Å². The van der Waals surface area contributed by atoms with Crippen LogP contribution in [0.5, 0.6) is 5.75 Å². The fraction of sp³-hybridized carbons (Fsp3) is 0.481. The number of para-hydroxylation sites is 1. The topological polar surface area (TPSA) is 142 Å². The van der Waals surface area contributed by atoms with Crippen molar-refractivity contribution in [3.8, 4) is 5.75 Å². The lowest BCUT2D eigenvalue weighted by atomic mass is 9.97. The Hall–Kier alpha value is -2.72. The maximum Gasteiger partial charge on any atom is 0.367 e. The Morgan fingerprint density at radius 1 is 0.846 bits per heavy atom. The Kier molecular flexibility index (Phi) is 10.9. The van der Waals surface area contributed by atoms with E-state index in [0.29, 0.717) is 5.75 Å². The zero-order valence-corrected chi connectivity index (χ0v) is 24.9. The molecule has 0 heterocycles. The molecule has 0 saturated heterocycles. The van der Waals surface area contributed by atoms with Gasteiger partial charge in [-0.15, -0.1) is 0 Å². The third-order valence-electron chi connectivity index (χ3n) is 5.41. The maximum atomic E-state index is 12.7. The molecule has 0 aromatic heterocycles. The van der Waals surface area contributed by atoms with Crippen LogP contribution in [0.4, 0.5) is 0 Å². The van der Waals surface area contributed by atoms with Crippen molar-refractivity contribution in [2.24, 2.45) is 10.8 Å². The summed E-state index contributed by atoms with van der Waals surface area (Å²) in [5, 5.41) is 0. The number of carbonyl (C=O) groups is 2. The van der Waals surface area contributed by atoms with Gasteiger partial charge in [0, 0.05) is 12.8 Å². The van der Waals surface area contributed by atoms with Crippen LogP contribution in [-0.4, -0.2) is 42.2 Å². The van der Waals surface area contributed by atoms with Crippen LogP contribution < -0.4 is 4.74 Å². The molecule has 0 fully saturated rings. The summed E-state index contributed by atoms with van der Waals surface area (Å²) in [6.07, 6.45) is -1.50. The van der Waals surface area contributed by atoms with Crippen molar-refractivity contribution in [2.75, 3.05) is 0 Å². The van der Waals surface area contributed by atoms with E-state index in [-0.39, 0.29) is 6.42 Å². The number of hydrogen-bond acceptors (Lipinski definition) is 9. The van der Waals surface area contributed by atoms with E-state index in [1.165, 1.54) is 41.5 Å². The third-order valence-corrected chi connectivity index (χ3v) is 8.46. The molecule has 2 rings (SSSR count). The Bertz CT molecular complexity index is 1150. The average Bonchev–Trinajstić information content (AvgIpc) is 2.82. The van der Waals surface area contributed by atoms with Gasteiger partial charge in [0.25, 0.3) is 4.67 Å². The molecular formula is C27H37O10PS. The molecule has 2 unspecified atom stereocenters. The van der Waals surface area contributed by atoms with Crippen molar-refractivity contribution in [2.45, 2.75) is 71.6 Å². The quantitative estimate of drug-likeness (QED) is 0.159. The number of carbonyl (C=O) groups excluding carboxylic acids is 2. The molecule has 0 aliphatic heterocycles. The van der Waals surface area contributed by atoms with Gasteiger partial charge in [-0.2, -0.15) is 8.42 Å². The number of benzene rings is 2. The van der Waals surface area contributed by atoms with Crippen LogP contribution in [0.15, 0.2) is 60.7 Å². The molecule has 0 aliphatic carbocycles. The first kappa shape index (κ1) is 32.5. The monoisotopic (exact) mass is 584 g/mol. The zero-order chi connectivity index (χ0) is 29.5. The fourth-order valence-corrected chi connectivity index (χ4v) is 4.76. The largest absolute Gasteiger partial charge is 0.490 e. The first-order chi connectivity index (χ1) is 18.0. The fourth-order valence-electron chi connectivity index (χ4n) is 3.16. The van der Waals surface area contributed by atoms with Gasteiger partial charge in [-0.1, -0.05) is 48.5 Å². The van der Waals surface area contributed by atoms with Crippen molar-refractivity contribution < 1.29 is 46.1 Å². The highest BCUT2D eigenvalue weighted by Crippen LogP contribution is 2.39. The summed E-state index contributed by atoms with van der Waals surface area (Å²) in [6, 6.07) is 17.5. The molecule has 3 atom stereocenters. The molecule has 2 aromatic rings. The van der Waals surface area contributed by atoms with Gasteiger partial charge in [0.1, 0.15) is 20.3 Å². The summed E-state index contributed by atoms with van der Waals surface area (Å²) in [6.45, 7) is 6.92. The van der Waals surface area contributed by atoms with E-state index in [0.717, 1.165) is 5.56 Å². The predicted molar refractivity (Wildman–Crippen MR) is 146 cm³/mol. The normalized spacial score (nSPS) is 15.1. The minimum absolute atomic E-state index is 0.143. The molecule has 39 heavy (non-hydrogen) atoms. The predicted octanol–water partition coefficient (Wildman–Crippen LogP) is 4.84. The SMILES string of the molecule is CC(C)(C)C(=O)OC(OC(=O)C(C)(C)C)O[C@@](CC(Cc1ccccc1)Oc1ccccc1)([PH2]=O)S(=O)(=O)O. The minimum atomic E-state index is -5.25. The van der Waals surface area contributed by atoms with Gasteiger partial charge in [0.05, 0.1) is 10.8 Å². The smallest absolute Gasteiger partial charge is 0.367 e. The summed E-state index contributed by atoms with van der Waals surface area (Å²) in [5.74, 6) is -1.39. The first-order valence-corrected chi connectivity index (χ1v) is 14.7. The summed E-state index contributed by atoms with van der Waals surface area (Å²) in [4.78, 5) is 25.3. The second kappa shape index (κ2) is 13.1. The van der Waals surface area contributed by atoms with Gasteiger partial charge in [-0.3, -0.25) is 18.9 Å². The van der Waals surface area contributed by atoms with Crippen molar-refractivity contribution in [1.82, 2.24) is 0 Å². The highest BCUT2D eigenvalue weighted by atomic mass is 32.2. The molecule has 0 bridgehead atoms. The molecule has 0 amide bonds. The highest BCUT2D eigenvalue weighted by molar-refractivity contribution is 7.91. The lowest BCUT2D eigenvalue weighted by molar-refractivity contribution is -0.285. The number of rotatable bonds is 12. The number of hydrogen-bond donors (Lipinski definition) is 1. The van der Waals surface area contributed by atoms with Crippen molar-refractivity contribution >= 4 is 30.5 Å². The summed E-state index contributed by atoms with van der Waals surface area (Å²) < 4.78 is 67.5. The first-order valence-electron chi connectivity index (χ1n) is 12.3. The Balaban J connectivity index is 2.52. The Morgan fingerprint density at radius 3 is 1.72 bits per heavy atom. The molecule has 2 aromatic carbocycles. The van der Waals surface area contributed by atoms with Crippen molar-refractivity contribution in [3.05, 3.63) is 66.2 Å². The van der Waals surface area contributed by atoms with Crippen LogP contribution in [-0.2, 0) is 44.9 Å². The van der Waals surface area contributed by atoms with E-state index in [9.17, 15) is 27.1 Å². The van der Waals surface area contributed by atoms with E-state index in [4.69, 9.17) is 18.9 Å². The van der Waals surface area contributed by atoms with Gasteiger partial charge >= 0.3 is 28.5 Å². The summed E-state index contributed by atoms with van der Waals surface area (Å²) >= 11 is 0. The number of ether oxygens (including phenoxy) is 4. The summed E-state index contributed by atoms with van der Waals surface area (Å²) in [5.41, 5.74) is -1.42. The van der Waals surface area contributed by atoms with Gasteiger partial charge in [0.2, 0.25) is 0 Å². The van der Waals surface area contributed by atoms with Crippen LogP contribution in [0.2, 0.25) is 0 Å². The average molecular weight is 585 g/mol. The van der Waals surface area contributed by atoms with Crippen LogP contribution in [0.1, 0.15) is 53.5 Å². The standard InChI is InChI=1S/C27H37O10PS/c1-25(2,3)22(28)35-24(36-23(29)26(4,5)6)37-27(38-30,39(31,32)33)18-21(17-19-13-9-7-10-14-19)34-20-15-11-8-12-16-20/h7-16,21,24H,17-18,38H2,1-6H3,(H,31,32,33)/t21?,27-/m0/s1. The van der Waals surface area contributed by atoms with Crippen LogP contribution >= 0.6 is 8.46 Å². The van der Waals surface area contributed by atoms with E-state index in [1.54, 1.807) is 54.6 Å². The molecule has 10 nitrogen and oxygen atoms in total. The van der Waals surface area contributed by atoms with Crippen molar-refractivity contribution in [1.29, 1.82) is 0 Å². The minimum Gasteiger partial charge on any atom is -0.490 e. The van der Waals surface area contributed by atoms with Gasteiger partial charge in [0.15, 0.2) is 0 Å². The van der Waals surface area contributed by atoms with E-state index >= 15 is 0 Å².